The first-order valence-electron chi connectivity index (χ1n) is 5.12. The van der Waals surface area contributed by atoms with Gasteiger partial charge in [-0.1, -0.05) is 13.8 Å². The predicted octanol–water partition coefficient (Wildman–Crippen LogP) is 2.74. The Morgan fingerprint density at radius 3 is 2.67 bits per heavy atom. The van der Waals surface area contributed by atoms with E-state index in [1.165, 1.54) is 0 Å². The molecular weight excluding hydrogens is 256 g/mol. The van der Waals surface area contributed by atoms with Crippen molar-refractivity contribution in [2.24, 2.45) is 5.73 Å². The summed E-state index contributed by atoms with van der Waals surface area (Å²) < 4.78 is 6.53. The van der Waals surface area contributed by atoms with E-state index in [-0.39, 0.29) is 5.54 Å². The number of ether oxygens (including phenoxy) is 1. The van der Waals surface area contributed by atoms with Crippen molar-refractivity contribution in [2.45, 2.75) is 32.2 Å². The number of rotatable bonds is 5. The zero-order valence-electron chi connectivity index (χ0n) is 9.16. The first-order chi connectivity index (χ1) is 7.11. The summed E-state index contributed by atoms with van der Waals surface area (Å²) in [5.41, 5.74) is 5.91. The lowest BCUT2D eigenvalue weighted by Gasteiger charge is -2.26. The molecule has 0 saturated carbocycles. The van der Waals surface area contributed by atoms with Gasteiger partial charge in [-0.3, -0.25) is 4.98 Å². The number of pyridine rings is 1. The van der Waals surface area contributed by atoms with Crippen LogP contribution in [0.4, 0.5) is 0 Å². The Kier molecular flexibility index (Phi) is 4.54. The summed E-state index contributed by atoms with van der Waals surface area (Å²) in [6.45, 7) is 4.69. The molecule has 1 aromatic heterocycles. The van der Waals surface area contributed by atoms with Crippen LogP contribution in [0.1, 0.15) is 26.7 Å². The van der Waals surface area contributed by atoms with Gasteiger partial charge in [-0.25, -0.2) is 0 Å². The smallest absolute Gasteiger partial charge is 0.136 e. The van der Waals surface area contributed by atoms with Crippen molar-refractivity contribution in [1.29, 1.82) is 0 Å². The molecule has 1 heterocycles. The van der Waals surface area contributed by atoms with E-state index in [4.69, 9.17) is 10.5 Å². The van der Waals surface area contributed by atoms with E-state index in [1.807, 2.05) is 6.07 Å². The van der Waals surface area contributed by atoms with Crippen molar-refractivity contribution in [3.05, 3.63) is 22.9 Å². The van der Waals surface area contributed by atoms with Crippen LogP contribution >= 0.6 is 15.9 Å². The Morgan fingerprint density at radius 1 is 1.47 bits per heavy atom. The molecule has 0 fully saturated rings. The predicted molar refractivity (Wildman–Crippen MR) is 64.9 cm³/mol. The van der Waals surface area contributed by atoms with E-state index in [2.05, 4.69) is 34.8 Å². The first-order valence-corrected chi connectivity index (χ1v) is 5.92. The third kappa shape index (κ3) is 3.47. The molecule has 1 aromatic rings. The lowest BCUT2D eigenvalue weighted by atomic mass is 9.96. The maximum absolute atomic E-state index is 6.14. The van der Waals surface area contributed by atoms with Gasteiger partial charge in [0.25, 0.3) is 0 Å². The maximum Gasteiger partial charge on any atom is 0.136 e. The first kappa shape index (κ1) is 12.5. The summed E-state index contributed by atoms with van der Waals surface area (Å²) in [5, 5.41) is 0. The molecule has 0 aliphatic rings. The average Bonchev–Trinajstić information content (AvgIpc) is 2.28. The van der Waals surface area contributed by atoms with Crippen LogP contribution in [-0.2, 0) is 0 Å². The number of aromatic nitrogens is 1. The van der Waals surface area contributed by atoms with Gasteiger partial charge < -0.3 is 10.5 Å². The van der Waals surface area contributed by atoms with E-state index in [0.29, 0.717) is 6.61 Å². The number of nitrogens with two attached hydrogens (primary N) is 1. The second kappa shape index (κ2) is 5.47. The van der Waals surface area contributed by atoms with Gasteiger partial charge >= 0.3 is 0 Å². The zero-order valence-corrected chi connectivity index (χ0v) is 10.8. The van der Waals surface area contributed by atoms with E-state index >= 15 is 0 Å². The average molecular weight is 273 g/mol. The highest BCUT2D eigenvalue weighted by atomic mass is 79.9. The number of halogens is 1. The Bertz CT molecular complexity index is 313. The molecule has 0 radical (unpaired) electrons. The minimum absolute atomic E-state index is 0.233. The van der Waals surface area contributed by atoms with Crippen LogP contribution < -0.4 is 10.5 Å². The molecule has 0 bridgehead atoms. The fourth-order valence-corrected chi connectivity index (χ4v) is 1.52. The topological polar surface area (TPSA) is 48.1 Å². The van der Waals surface area contributed by atoms with Gasteiger partial charge in [0.05, 0.1) is 4.47 Å². The van der Waals surface area contributed by atoms with E-state index in [0.717, 1.165) is 23.1 Å². The minimum Gasteiger partial charge on any atom is -0.490 e. The fourth-order valence-electron chi connectivity index (χ4n) is 1.16. The van der Waals surface area contributed by atoms with Crippen molar-refractivity contribution in [2.75, 3.05) is 6.61 Å². The molecule has 0 atom stereocenters. The molecule has 0 amide bonds. The van der Waals surface area contributed by atoms with E-state index < -0.39 is 0 Å². The summed E-state index contributed by atoms with van der Waals surface area (Å²) in [4.78, 5) is 3.97. The molecule has 2 N–H and O–H groups in total. The Labute approximate surface area is 99.2 Å². The van der Waals surface area contributed by atoms with Crippen molar-refractivity contribution in [1.82, 2.24) is 4.98 Å². The fraction of sp³-hybridized carbons (Fsp3) is 0.545. The van der Waals surface area contributed by atoms with Crippen LogP contribution in [0, 0.1) is 0 Å². The van der Waals surface area contributed by atoms with Gasteiger partial charge in [0.1, 0.15) is 12.4 Å². The highest BCUT2D eigenvalue weighted by Crippen LogP contribution is 2.24. The highest BCUT2D eigenvalue weighted by molar-refractivity contribution is 9.10. The highest BCUT2D eigenvalue weighted by Gasteiger charge is 2.21. The molecule has 1 rings (SSSR count). The maximum atomic E-state index is 6.14. The van der Waals surface area contributed by atoms with Crippen LogP contribution in [0.3, 0.4) is 0 Å². The quantitative estimate of drug-likeness (QED) is 0.897. The molecular formula is C11H17BrN2O. The van der Waals surface area contributed by atoms with Gasteiger partial charge in [0.2, 0.25) is 0 Å². The van der Waals surface area contributed by atoms with Gasteiger partial charge in [-0.05, 0) is 34.8 Å². The normalized spacial score (nSPS) is 11.5. The van der Waals surface area contributed by atoms with Gasteiger partial charge in [-0.15, -0.1) is 0 Å². The molecule has 0 aromatic carbocycles. The molecule has 0 saturated heterocycles. The summed E-state index contributed by atoms with van der Waals surface area (Å²) >= 11 is 3.38. The SMILES string of the molecule is CCC(N)(CC)COc1ccncc1Br. The monoisotopic (exact) mass is 272 g/mol. The third-order valence-corrected chi connectivity index (χ3v) is 3.25. The summed E-state index contributed by atoms with van der Waals surface area (Å²) in [7, 11) is 0. The zero-order chi connectivity index (χ0) is 11.3. The van der Waals surface area contributed by atoms with Crippen LogP contribution in [0.2, 0.25) is 0 Å². The van der Waals surface area contributed by atoms with Crippen molar-refractivity contribution < 1.29 is 4.74 Å². The second-order valence-corrected chi connectivity index (χ2v) is 4.52. The molecule has 3 nitrogen and oxygen atoms in total. The molecule has 0 spiro atoms. The van der Waals surface area contributed by atoms with Crippen LogP contribution in [-0.4, -0.2) is 17.1 Å². The van der Waals surface area contributed by atoms with Crippen molar-refractivity contribution in [3.8, 4) is 5.75 Å². The van der Waals surface area contributed by atoms with Crippen LogP contribution in [0.5, 0.6) is 5.75 Å². The summed E-state index contributed by atoms with van der Waals surface area (Å²) in [6, 6.07) is 1.83. The number of hydrogen-bond acceptors (Lipinski definition) is 3. The van der Waals surface area contributed by atoms with E-state index in [1.54, 1.807) is 12.4 Å². The number of hydrogen-bond donors (Lipinski definition) is 1. The van der Waals surface area contributed by atoms with Gasteiger partial charge in [0.15, 0.2) is 0 Å². The Morgan fingerprint density at radius 2 is 2.13 bits per heavy atom. The van der Waals surface area contributed by atoms with Gasteiger partial charge in [0, 0.05) is 17.9 Å². The Hall–Kier alpha value is -0.610. The lowest BCUT2D eigenvalue weighted by molar-refractivity contribution is 0.206. The Balaban J connectivity index is 2.61. The summed E-state index contributed by atoms with van der Waals surface area (Å²) in [5.74, 6) is 0.793. The van der Waals surface area contributed by atoms with Crippen LogP contribution in [0.25, 0.3) is 0 Å². The molecule has 15 heavy (non-hydrogen) atoms. The number of nitrogens with zero attached hydrogens (tertiary/aromatic N) is 1. The molecule has 4 heteroatoms. The second-order valence-electron chi connectivity index (χ2n) is 3.66. The minimum atomic E-state index is -0.233. The molecule has 0 aliphatic heterocycles. The summed E-state index contributed by atoms with van der Waals surface area (Å²) in [6.07, 6.45) is 5.24. The van der Waals surface area contributed by atoms with Crippen molar-refractivity contribution >= 4 is 15.9 Å². The standard InChI is InChI=1S/C11H17BrN2O/c1-3-11(13,4-2)8-15-10-5-6-14-7-9(10)12/h5-7H,3-4,8,13H2,1-2H3. The largest absolute Gasteiger partial charge is 0.490 e. The third-order valence-electron chi connectivity index (χ3n) is 2.66. The van der Waals surface area contributed by atoms with E-state index in [9.17, 15) is 0 Å². The van der Waals surface area contributed by atoms with Gasteiger partial charge in [-0.2, -0.15) is 0 Å². The molecule has 0 unspecified atom stereocenters. The lowest BCUT2D eigenvalue weighted by Crippen LogP contribution is -2.44. The molecule has 84 valence electrons. The molecule has 0 aliphatic carbocycles. The van der Waals surface area contributed by atoms with Crippen LogP contribution in [0.15, 0.2) is 22.9 Å². The van der Waals surface area contributed by atoms with Crippen molar-refractivity contribution in [3.63, 3.8) is 0 Å².